The van der Waals surface area contributed by atoms with E-state index >= 15 is 0 Å². The number of rotatable bonds is 2. The minimum Gasteiger partial charge on any atom is -0.343 e. The van der Waals surface area contributed by atoms with Gasteiger partial charge >= 0.3 is 0 Å². The lowest BCUT2D eigenvalue weighted by atomic mass is 10.1. The highest BCUT2D eigenvalue weighted by Gasteiger charge is 2.12. The Morgan fingerprint density at radius 1 is 0.850 bits per heavy atom. The van der Waals surface area contributed by atoms with Crippen LogP contribution in [0, 0.1) is 6.92 Å². The van der Waals surface area contributed by atoms with E-state index in [-0.39, 0.29) is 0 Å². The van der Waals surface area contributed by atoms with Gasteiger partial charge in [-0.25, -0.2) is 0 Å². The maximum atomic E-state index is 5.96. The molecule has 0 aliphatic rings. The van der Waals surface area contributed by atoms with Gasteiger partial charge in [-0.1, -0.05) is 54.1 Å². The first kappa shape index (κ1) is 13.0. The molecular formula is C18H16ClN. The van der Waals surface area contributed by atoms with Crippen LogP contribution >= 0.6 is 11.6 Å². The lowest BCUT2D eigenvalue weighted by Gasteiger charge is -2.09. The van der Waals surface area contributed by atoms with Crippen LogP contribution in [0.1, 0.15) is 5.56 Å². The molecule has 0 fully saturated rings. The normalized spacial score (nSPS) is 10.8. The smallest absolute Gasteiger partial charge is 0.0512 e. The molecule has 20 heavy (non-hydrogen) atoms. The van der Waals surface area contributed by atoms with E-state index in [0.29, 0.717) is 0 Å². The van der Waals surface area contributed by atoms with Crippen molar-refractivity contribution in [2.45, 2.75) is 6.92 Å². The maximum absolute atomic E-state index is 5.96. The molecule has 0 saturated heterocycles. The second-order valence-electron chi connectivity index (χ2n) is 4.99. The molecule has 2 aromatic carbocycles. The van der Waals surface area contributed by atoms with Gasteiger partial charge in [0.2, 0.25) is 0 Å². The molecule has 0 unspecified atom stereocenters. The molecule has 0 saturated carbocycles. The van der Waals surface area contributed by atoms with Crippen LogP contribution in [-0.4, -0.2) is 4.57 Å². The van der Waals surface area contributed by atoms with E-state index in [1.54, 1.807) is 0 Å². The SMILES string of the molecule is Cc1cc(-c2ccc(Cl)cc2)n(C)c1-c1ccccc1. The molecule has 0 spiro atoms. The van der Waals surface area contributed by atoms with E-state index in [4.69, 9.17) is 11.6 Å². The van der Waals surface area contributed by atoms with Crippen molar-refractivity contribution in [2.24, 2.45) is 7.05 Å². The zero-order valence-electron chi connectivity index (χ0n) is 11.6. The van der Waals surface area contributed by atoms with Gasteiger partial charge in [-0.2, -0.15) is 0 Å². The topological polar surface area (TPSA) is 4.93 Å². The summed E-state index contributed by atoms with van der Waals surface area (Å²) in [5.41, 5.74) is 6.17. The van der Waals surface area contributed by atoms with Crippen LogP contribution in [0.5, 0.6) is 0 Å². The van der Waals surface area contributed by atoms with Crippen molar-refractivity contribution in [3.05, 3.63) is 71.2 Å². The van der Waals surface area contributed by atoms with Gasteiger partial charge in [-0.05, 0) is 41.8 Å². The Labute approximate surface area is 124 Å². The number of nitrogens with zero attached hydrogens (tertiary/aromatic N) is 1. The number of hydrogen-bond acceptors (Lipinski definition) is 0. The van der Waals surface area contributed by atoms with Crippen molar-refractivity contribution >= 4 is 11.6 Å². The highest BCUT2D eigenvalue weighted by Crippen LogP contribution is 2.31. The summed E-state index contributed by atoms with van der Waals surface area (Å²) in [4.78, 5) is 0. The van der Waals surface area contributed by atoms with Crippen LogP contribution < -0.4 is 0 Å². The van der Waals surface area contributed by atoms with Gasteiger partial charge in [-0.3, -0.25) is 0 Å². The summed E-state index contributed by atoms with van der Waals surface area (Å²) < 4.78 is 2.24. The summed E-state index contributed by atoms with van der Waals surface area (Å²) in [6.07, 6.45) is 0. The summed E-state index contributed by atoms with van der Waals surface area (Å²) in [6, 6.07) is 20.7. The van der Waals surface area contributed by atoms with Crippen molar-refractivity contribution in [3.8, 4) is 22.5 Å². The molecule has 0 atom stereocenters. The van der Waals surface area contributed by atoms with Crippen molar-refractivity contribution in [1.82, 2.24) is 4.57 Å². The van der Waals surface area contributed by atoms with Gasteiger partial charge in [0.15, 0.2) is 0 Å². The number of halogens is 1. The summed E-state index contributed by atoms with van der Waals surface area (Å²) in [7, 11) is 2.11. The molecule has 2 heteroatoms. The Morgan fingerprint density at radius 2 is 1.50 bits per heavy atom. The van der Waals surface area contributed by atoms with Gasteiger partial charge in [0.25, 0.3) is 0 Å². The van der Waals surface area contributed by atoms with Crippen molar-refractivity contribution in [3.63, 3.8) is 0 Å². The second-order valence-corrected chi connectivity index (χ2v) is 5.43. The van der Waals surface area contributed by atoms with E-state index in [1.165, 1.54) is 28.1 Å². The minimum atomic E-state index is 0.767. The predicted octanol–water partition coefficient (Wildman–Crippen LogP) is 5.32. The van der Waals surface area contributed by atoms with Crippen LogP contribution in [0.4, 0.5) is 0 Å². The molecule has 1 nitrogen and oxygen atoms in total. The van der Waals surface area contributed by atoms with E-state index in [0.717, 1.165) is 5.02 Å². The minimum absolute atomic E-state index is 0.767. The summed E-state index contributed by atoms with van der Waals surface area (Å²) in [5.74, 6) is 0. The fourth-order valence-electron chi connectivity index (χ4n) is 2.67. The van der Waals surface area contributed by atoms with E-state index < -0.39 is 0 Å². The van der Waals surface area contributed by atoms with Gasteiger partial charge in [0.05, 0.1) is 5.69 Å². The fraction of sp³-hybridized carbons (Fsp3) is 0.111. The lowest BCUT2D eigenvalue weighted by Crippen LogP contribution is -1.95. The molecule has 1 heterocycles. The summed E-state index contributed by atoms with van der Waals surface area (Å²) >= 11 is 5.96. The van der Waals surface area contributed by atoms with Crippen molar-refractivity contribution < 1.29 is 0 Å². The Kier molecular flexibility index (Phi) is 3.37. The lowest BCUT2D eigenvalue weighted by molar-refractivity contribution is 0.943. The molecule has 0 aliphatic carbocycles. The second kappa shape index (κ2) is 5.18. The monoisotopic (exact) mass is 281 g/mol. The number of benzene rings is 2. The first-order valence-electron chi connectivity index (χ1n) is 6.64. The molecule has 0 N–H and O–H groups in total. The number of aromatic nitrogens is 1. The molecule has 0 radical (unpaired) electrons. The first-order chi connectivity index (χ1) is 9.66. The third kappa shape index (κ3) is 2.25. The van der Waals surface area contributed by atoms with Crippen LogP contribution in [0.2, 0.25) is 5.02 Å². The number of aryl methyl sites for hydroxylation is 1. The van der Waals surface area contributed by atoms with Gasteiger partial charge in [-0.15, -0.1) is 0 Å². The molecular weight excluding hydrogens is 266 g/mol. The molecule has 0 bridgehead atoms. The third-order valence-corrected chi connectivity index (χ3v) is 3.86. The fourth-order valence-corrected chi connectivity index (χ4v) is 2.80. The Hall–Kier alpha value is -1.99. The quantitative estimate of drug-likeness (QED) is 0.599. The van der Waals surface area contributed by atoms with Crippen LogP contribution in [-0.2, 0) is 7.05 Å². The van der Waals surface area contributed by atoms with Crippen LogP contribution in [0.25, 0.3) is 22.5 Å². The van der Waals surface area contributed by atoms with Gasteiger partial charge < -0.3 is 4.57 Å². The highest BCUT2D eigenvalue weighted by atomic mass is 35.5. The van der Waals surface area contributed by atoms with Gasteiger partial charge in [0, 0.05) is 17.8 Å². The molecule has 100 valence electrons. The van der Waals surface area contributed by atoms with Crippen LogP contribution in [0.15, 0.2) is 60.7 Å². The standard InChI is InChI=1S/C18H16ClN/c1-13-12-17(14-8-10-16(19)11-9-14)20(2)18(13)15-6-4-3-5-7-15/h3-12H,1-2H3. The van der Waals surface area contributed by atoms with Crippen molar-refractivity contribution in [2.75, 3.05) is 0 Å². The average molecular weight is 282 g/mol. The van der Waals surface area contributed by atoms with E-state index in [2.05, 4.69) is 61.0 Å². The van der Waals surface area contributed by atoms with E-state index in [1.807, 2.05) is 18.2 Å². The maximum Gasteiger partial charge on any atom is 0.0512 e. The Bertz CT molecular complexity index is 724. The predicted molar refractivity (Wildman–Crippen MR) is 86.0 cm³/mol. The summed E-state index contributed by atoms with van der Waals surface area (Å²) in [5, 5.41) is 0.767. The molecule has 3 rings (SSSR count). The Balaban J connectivity index is 2.14. The molecule has 3 aromatic rings. The van der Waals surface area contributed by atoms with Crippen LogP contribution in [0.3, 0.4) is 0 Å². The molecule has 0 aliphatic heterocycles. The third-order valence-electron chi connectivity index (χ3n) is 3.61. The summed E-state index contributed by atoms with van der Waals surface area (Å²) in [6.45, 7) is 2.15. The zero-order valence-corrected chi connectivity index (χ0v) is 12.4. The highest BCUT2D eigenvalue weighted by molar-refractivity contribution is 6.30. The average Bonchev–Trinajstić information content (AvgIpc) is 2.76. The largest absolute Gasteiger partial charge is 0.343 e. The van der Waals surface area contributed by atoms with Gasteiger partial charge in [0.1, 0.15) is 0 Å². The Morgan fingerprint density at radius 3 is 2.15 bits per heavy atom. The van der Waals surface area contributed by atoms with Crippen molar-refractivity contribution in [1.29, 1.82) is 0 Å². The molecule has 1 aromatic heterocycles. The molecule has 0 amide bonds. The number of hydrogen-bond donors (Lipinski definition) is 0. The van der Waals surface area contributed by atoms with E-state index in [9.17, 15) is 0 Å². The first-order valence-corrected chi connectivity index (χ1v) is 7.02. The zero-order chi connectivity index (χ0) is 14.1.